The lowest BCUT2D eigenvalue weighted by molar-refractivity contribution is -0.124. The summed E-state index contributed by atoms with van der Waals surface area (Å²) in [4.78, 5) is 23.6. The van der Waals surface area contributed by atoms with Crippen molar-refractivity contribution in [2.75, 3.05) is 5.32 Å². The zero-order chi connectivity index (χ0) is 17.4. The van der Waals surface area contributed by atoms with E-state index in [1.807, 2.05) is 13.8 Å². The van der Waals surface area contributed by atoms with Crippen molar-refractivity contribution in [3.05, 3.63) is 28.8 Å². The monoisotopic (exact) mass is 337 g/mol. The third kappa shape index (κ3) is 7.28. The Morgan fingerprint density at radius 2 is 1.87 bits per heavy atom. The maximum Gasteiger partial charge on any atom is 0.240 e. The highest BCUT2D eigenvalue weighted by atomic mass is 35.5. The molecule has 1 rings (SSSR count). The molecule has 23 heavy (non-hydrogen) atoms. The number of halogens is 1. The smallest absolute Gasteiger partial charge is 0.240 e. The van der Waals surface area contributed by atoms with Crippen LogP contribution in [0.15, 0.2) is 23.3 Å². The molecule has 0 heterocycles. The zero-order valence-electron chi connectivity index (χ0n) is 14.1. The molecule has 0 saturated heterocycles. The maximum atomic E-state index is 11.9. The molecule has 0 radical (unpaired) electrons. The summed E-state index contributed by atoms with van der Waals surface area (Å²) in [6, 6.07) is 5.31. The van der Waals surface area contributed by atoms with E-state index in [0.717, 1.165) is 17.7 Å². The number of benzene rings is 1. The van der Waals surface area contributed by atoms with Crippen molar-refractivity contribution in [1.82, 2.24) is 5.43 Å². The van der Waals surface area contributed by atoms with E-state index < -0.39 is 0 Å². The van der Waals surface area contributed by atoms with Crippen LogP contribution >= 0.6 is 11.6 Å². The number of anilines is 1. The van der Waals surface area contributed by atoms with Gasteiger partial charge in [0.1, 0.15) is 0 Å². The highest BCUT2D eigenvalue weighted by Gasteiger charge is 2.09. The third-order valence-electron chi connectivity index (χ3n) is 3.20. The summed E-state index contributed by atoms with van der Waals surface area (Å²) in [6.45, 7) is 7.87. The van der Waals surface area contributed by atoms with E-state index in [-0.39, 0.29) is 24.7 Å². The molecule has 6 heteroatoms. The summed E-state index contributed by atoms with van der Waals surface area (Å²) < 4.78 is 0. The van der Waals surface area contributed by atoms with Gasteiger partial charge in [-0.05, 0) is 43.9 Å². The minimum absolute atomic E-state index is 0.0872. The Hall–Kier alpha value is -1.88. The first-order valence-electron chi connectivity index (χ1n) is 7.66. The van der Waals surface area contributed by atoms with Crippen LogP contribution in [0, 0.1) is 12.8 Å². The van der Waals surface area contributed by atoms with Gasteiger partial charge in [-0.3, -0.25) is 9.59 Å². The van der Waals surface area contributed by atoms with Gasteiger partial charge in [-0.15, -0.1) is 0 Å². The topological polar surface area (TPSA) is 70.6 Å². The van der Waals surface area contributed by atoms with Crippen molar-refractivity contribution < 1.29 is 9.59 Å². The molecule has 0 unspecified atom stereocenters. The number of carbonyl (C=O) groups excluding carboxylic acids is 2. The first kappa shape index (κ1) is 19.2. The van der Waals surface area contributed by atoms with Gasteiger partial charge in [0.25, 0.3) is 0 Å². The van der Waals surface area contributed by atoms with Gasteiger partial charge in [-0.25, -0.2) is 5.43 Å². The van der Waals surface area contributed by atoms with E-state index in [1.54, 1.807) is 18.2 Å². The van der Waals surface area contributed by atoms with Crippen molar-refractivity contribution in [2.24, 2.45) is 11.0 Å². The molecule has 5 nitrogen and oxygen atoms in total. The van der Waals surface area contributed by atoms with E-state index in [1.165, 1.54) is 0 Å². The average Bonchev–Trinajstić information content (AvgIpc) is 2.47. The molecule has 0 aliphatic carbocycles. The lowest BCUT2D eigenvalue weighted by Gasteiger charge is -2.09. The first-order chi connectivity index (χ1) is 10.8. The number of rotatable bonds is 7. The Morgan fingerprint density at radius 1 is 1.22 bits per heavy atom. The molecule has 0 atom stereocenters. The van der Waals surface area contributed by atoms with E-state index in [9.17, 15) is 9.59 Å². The van der Waals surface area contributed by atoms with Crippen LogP contribution in [0.2, 0.25) is 5.02 Å². The van der Waals surface area contributed by atoms with E-state index in [4.69, 9.17) is 11.6 Å². The number of nitrogens with zero attached hydrogens (tertiary/aromatic N) is 1. The van der Waals surface area contributed by atoms with Gasteiger partial charge in [0.05, 0.1) is 0 Å². The van der Waals surface area contributed by atoms with Gasteiger partial charge < -0.3 is 5.32 Å². The van der Waals surface area contributed by atoms with Gasteiger partial charge in [-0.1, -0.05) is 31.5 Å². The number of carbonyl (C=O) groups is 2. The number of hydrazone groups is 1. The van der Waals surface area contributed by atoms with Gasteiger partial charge in [0.2, 0.25) is 11.8 Å². The summed E-state index contributed by atoms with van der Waals surface area (Å²) >= 11 is 6.00. The van der Waals surface area contributed by atoms with Gasteiger partial charge in [0.15, 0.2) is 0 Å². The molecular weight excluding hydrogens is 314 g/mol. The molecule has 0 aliphatic heterocycles. The SMILES string of the molecule is C/C(CC(C)C)=N\NC(=O)CCC(=O)Nc1cccc(Cl)c1C. The molecule has 0 spiro atoms. The van der Waals surface area contributed by atoms with Crippen LogP contribution in [0.3, 0.4) is 0 Å². The molecule has 126 valence electrons. The van der Waals surface area contributed by atoms with Crippen molar-refractivity contribution >= 4 is 34.8 Å². The van der Waals surface area contributed by atoms with E-state index in [0.29, 0.717) is 16.6 Å². The maximum absolute atomic E-state index is 11.9. The van der Waals surface area contributed by atoms with E-state index in [2.05, 4.69) is 29.7 Å². The summed E-state index contributed by atoms with van der Waals surface area (Å²) in [7, 11) is 0. The van der Waals surface area contributed by atoms with Crippen LogP contribution in [0.5, 0.6) is 0 Å². The molecule has 0 aromatic heterocycles. The number of hydrogen-bond donors (Lipinski definition) is 2. The normalized spacial score (nSPS) is 11.5. The Labute approximate surface area is 142 Å². The predicted octanol–water partition coefficient (Wildman–Crippen LogP) is 3.91. The van der Waals surface area contributed by atoms with Crippen LogP contribution < -0.4 is 10.7 Å². The van der Waals surface area contributed by atoms with Gasteiger partial charge >= 0.3 is 0 Å². The molecule has 0 fully saturated rings. The quantitative estimate of drug-likeness (QED) is 0.585. The average molecular weight is 338 g/mol. The van der Waals surface area contributed by atoms with Crippen molar-refractivity contribution in [3.63, 3.8) is 0 Å². The molecule has 2 N–H and O–H groups in total. The third-order valence-corrected chi connectivity index (χ3v) is 3.61. The van der Waals surface area contributed by atoms with Crippen LogP contribution in [0.4, 0.5) is 5.69 Å². The highest BCUT2D eigenvalue weighted by molar-refractivity contribution is 6.31. The Kier molecular flexibility index (Phi) is 7.75. The Balaban J connectivity index is 2.41. The van der Waals surface area contributed by atoms with Crippen LogP contribution in [-0.4, -0.2) is 17.5 Å². The summed E-state index contributed by atoms with van der Waals surface area (Å²) in [5.74, 6) is -0.0122. The number of hydrogen-bond acceptors (Lipinski definition) is 3. The number of nitrogens with one attached hydrogen (secondary N) is 2. The minimum Gasteiger partial charge on any atom is -0.326 e. The molecule has 0 bridgehead atoms. The fourth-order valence-electron chi connectivity index (χ4n) is 2.03. The highest BCUT2D eigenvalue weighted by Crippen LogP contribution is 2.23. The molecule has 1 aromatic rings. The van der Waals surface area contributed by atoms with Crippen molar-refractivity contribution in [3.8, 4) is 0 Å². The lowest BCUT2D eigenvalue weighted by Crippen LogP contribution is -2.22. The predicted molar refractivity (Wildman–Crippen MR) is 94.8 cm³/mol. The second-order valence-corrected chi connectivity index (χ2v) is 6.35. The molecule has 2 amide bonds. The lowest BCUT2D eigenvalue weighted by atomic mass is 10.1. The van der Waals surface area contributed by atoms with Gasteiger partial charge in [-0.2, -0.15) is 5.10 Å². The zero-order valence-corrected chi connectivity index (χ0v) is 14.8. The van der Waals surface area contributed by atoms with Crippen molar-refractivity contribution in [2.45, 2.75) is 47.0 Å². The van der Waals surface area contributed by atoms with Crippen LogP contribution in [0.1, 0.15) is 45.6 Å². The largest absolute Gasteiger partial charge is 0.326 e. The Morgan fingerprint density at radius 3 is 2.52 bits per heavy atom. The molecular formula is C17H24ClN3O2. The van der Waals surface area contributed by atoms with Crippen molar-refractivity contribution in [1.29, 1.82) is 0 Å². The fourth-order valence-corrected chi connectivity index (χ4v) is 2.21. The van der Waals surface area contributed by atoms with Crippen LogP contribution in [-0.2, 0) is 9.59 Å². The molecule has 0 saturated carbocycles. The summed E-state index contributed by atoms with van der Waals surface area (Å²) in [5, 5.41) is 7.37. The van der Waals surface area contributed by atoms with E-state index >= 15 is 0 Å². The minimum atomic E-state index is -0.272. The number of amides is 2. The Bertz CT molecular complexity index is 598. The standard InChI is InChI=1S/C17H24ClN3O2/c1-11(2)10-12(3)20-21-17(23)9-8-16(22)19-15-7-5-6-14(18)13(15)4/h5-7,11H,8-10H2,1-4H3,(H,19,22)(H,21,23)/b20-12+. The van der Waals surface area contributed by atoms with Crippen LogP contribution in [0.25, 0.3) is 0 Å². The fraction of sp³-hybridized carbons (Fsp3) is 0.471. The molecule has 0 aliphatic rings. The second kappa shape index (κ2) is 9.30. The van der Waals surface area contributed by atoms with Gasteiger partial charge in [0, 0.05) is 29.3 Å². The molecule has 1 aromatic carbocycles. The first-order valence-corrected chi connectivity index (χ1v) is 8.04. The second-order valence-electron chi connectivity index (χ2n) is 5.94. The summed E-state index contributed by atoms with van der Waals surface area (Å²) in [6.07, 6.45) is 1.01. The summed E-state index contributed by atoms with van der Waals surface area (Å²) in [5.41, 5.74) is 4.81.